The van der Waals surface area contributed by atoms with E-state index in [4.69, 9.17) is 5.73 Å². The lowest BCUT2D eigenvalue weighted by molar-refractivity contribution is -0.125. The number of anilines is 1. The summed E-state index contributed by atoms with van der Waals surface area (Å²) in [6.07, 6.45) is 1.49. The van der Waals surface area contributed by atoms with Gasteiger partial charge in [0.15, 0.2) is 0 Å². The van der Waals surface area contributed by atoms with Crippen LogP contribution >= 0.6 is 11.3 Å². The summed E-state index contributed by atoms with van der Waals surface area (Å²) in [6, 6.07) is 5.81. The number of benzene rings is 1. The van der Waals surface area contributed by atoms with E-state index in [1.807, 2.05) is 39.0 Å². The highest BCUT2D eigenvalue weighted by atomic mass is 32.1. The molecule has 0 radical (unpaired) electrons. The smallest absolute Gasteiger partial charge is 0.231 e. The van der Waals surface area contributed by atoms with Gasteiger partial charge >= 0.3 is 0 Å². The zero-order valence-corrected chi connectivity index (χ0v) is 13.0. The molecule has 1 aromatic heterocycles. The first kappa shape index (κ1) is 14.9. The van der Waals surface area contributed by atoms with E-state index >= 15 is 0 Å². The van der Waals surface area contributed by atoms with E-state index < -0.39 is 5.41 Å². The van der Waals surface area contributed by atoms with Crippen molar-refractivity contribution in [3.05, 3.63) is 23.2 Å². The Balaban J connectivity index is 2.24. The molecule has 1 heterocycles. The van der Waals surface area contributed by atoms with E-state index in [2.05, 4.69) is 10.3 Å². The Bertz CT molecular complexity index is 608. The molecule has 5 heteroatoms. The standard InChI is InChI=1S/C15H21N3OS/c1-4-15(5-2,9-16)14(19)18-11-6-7-12-13(8-11)20-10(3)17-12/h6-8H,4-5,9,16H2,1-3H3,(H,18,19). The molecular formula is C15H21N3OS. The summed E-state index contributed by atoms with van der Waals surface area (Å²) in [5.41, 5.74) is 7.12. The Morgan fingerprint density at radius 3 is 2.70 bits per heavy atom. The molecular weight excluding hydrogens is 270 g/mol. The molecule has 4 nitrogen and oxygen atoms in total. The SMILES string of the molecule is CCC(CC)(CN)C(=O)Nc1ccc2nc(C)sc2c1. The minimum Gasteiger partial charge on any atom is -0.329 e. The first-order valence-corrected chi connectivity index (χ1v) is 7.75. The van der Waals surface area contributed by atoms with Crippen molar-refractivity contribution >= 4 is 33.1 Å². The van der Waals surface area contributed by atoms with Crippen molar-refractivity contribution in [2.24, 2.45) is 11.1 Å². The molecule has 0 aliphatic rings. The van der Waals surface area contributed by atoms with Crippen molar-refractivity contribution in [1.29, 1.82) is 0 Å². The van der Waals surface area contributed by atoms with E-state index in [9.17, 15) is 4.79 Å². The molecule has 0 bridgehead atoms. The highest BCUT2D eigenvalue weighted by Gasteiger charge is 2.33. The van der Waals surface area contributed by atoms with Crippen molar-refractivity contribution < 1.29 is 4.79 Å². The largest absolute Gasteiger partial charge is 0.329 e. The van der Waals surface area contributed by atoms with Crippen LogP contribution < -0.4 is 11.1 Å². The number of nitrogens with one attached hydrogen (secondary N) is 1. The van der Waals surface area contributed by atoms with E-state index in [-0.39, 0.29) is 5.91 Å². The summed E-state index contributed by atoms with van der Waals surface area (Å²) in [4.78, 5) is 16.9. The van der Waals surface area contributed by atoms with Gasteiger partial charge in [-0.15, -0.1) is 11.3 Å². The Labute approximate surface area is 123 Å². The normalized spacial score (nSPS) is 11.8. The summed E-state index contributed by atoms with van der Waals surface area (Å²) in [7, 11) is 0. The average molecular weight is 291 g/mol. The van der Waals surface area contributed by atoms with Gasteiger partial charge in [0.25, 0.3) is 0 Å². The summed E-state index contributed by atoms with van der Waals surface area (Å²) >= 11 is 1.63. The average Bonchev–Trinajstić information content (AvgIpc) is 2.81. The second-order valence-corrected chi connectivity index (χ2v) is 6.30. The van der Waals surface area contributed by atoms with Gasteiger partial charge in [0.2, 0.25) is 5.91 Å². The summed E-state index contributed by atoms with van der Waals surface area (Å²) in [5.74, 6) is 0.00517. The molecule has 108 valence electrons. The fourth-order valence-electron chi connectivity index (χ4n) is 2.33. The lowest BCUT2D eigenvalue weighted by Crippen LogP contribution is -2.41. The predicted molar refractivity (Wildman–Crippen MR) is 85.1 cm³/mol. The zero-order chi connectivity index (χ0) is 14.8. The molecule has 0 fully saturated rings. The van der Waals surface area contributed by atoms with Crippen molar-refractivity contribution in [2.75, 3.05) is 11.9 Å². The molecule has 1 amide bonds. The first-order valence-electron chi connectivity index (χ1n) is 6.93. The number of amides is 1. The van der Waals surface area contributed by atoms with Crippen LogP contribution in [0, 0.1) is 12.3 Å². The molecule has 0 unspecified atom stereocenters. The molecule has 0 atom stereocenters. The van der Waals surface area contributed by atoms with Gasteiger partial charge in [-0.3, -0.25) is 4.79 Å². The van der Waals surface area contributed by atoms with E-state index in [0.29, 0.717) is 6.54 Å². The molecule has 0 saturated carbocycles. The van der Waals surface area contributed by atoms with E-state index in [1.54, 1.807) is 11.3 Å². The molecule has 1 aromatic carbocycles. The summed E-state index contributed by atoms with van der Waals surface area (Å²) < 4.78 is 1.09. The second kappa shape index (κ2) is 5.89. The predicted octanol–water partition coefficient (Wildman–Crippen LogP) is 3.31. The van der Waals surface area contributed by atoms with Gasteiger partial charge in [-0.05, 0) is 38.0 Å². The molecule has 3 N–H and O–H groups in total. The van der Waals surface area contributed by atoms with Crippen LogP contribution in [0.25, 0.3) is 10.2 Å². The third-order valence-corrected chi connectivity index (χ3v) is 4.91. The van der Waals surface area contributed by atoms with Gasteiger partial charge in [0.1, 0.15) is 0 Å². The number of carbonyl (C=O) groups excluding carboxylic acids is 1. The van der Waals surface area contributed by atoms with Crippen molar-refractivity contribution in [3.63, 3.8) is 0 Å². The fourth-order valence-corrected chi connectivity index (χ4v) is 3.20. The van der Waals surface area contributed by atoms with Gasteiger partial charge in [0, 0.05) is 12.2 Å². The van der Waals surface area contributed by atoms with Gasteiger partial charge in [0.05, 0.1) is 20.6 Å². The number of carbonyl (C=O) groups is 1. The number of hydrogen-bond donors (Lipinski definition) is 2. The Morgan fingerprint density at radius 2 is 2.10 bits per heavy atom. The van der Waals surface area contributed by atoms with Crippen LogP contribution in [-0.2, 0) is 4.79 Å². The number of aryl methyl sites for hydroxylation is 1. The molecule has 0 saturated heterocycles. The minimum atomic E-state index is -0.474. The van der Waals surface area contributed by atoms with E-state index in [0.717, 1.165) is 33.8 Å². The topological polar surface area (TPSA) is 68.0 Å². The maximum atomic E-state index is 12.5. The quantitative estimate of drug-likeness (QED) is 0.888. The van der Waals surface area contributed by atoms with Gasteiger partial charge in [-0.2, -0.15) is 0 Å². The number of nitrogens with two attached hydrogens (primary N) is 1. The Kier molecular flexibility index (Phi) is 4.40. The summed E-state index contributed by atoms with van der Waals surface area (Å²) in [5, 5.41) is 4.03. The third kappa shape index (κ3) is 2.69. The molecule has 2 aromatic rings. The lowest BCUT2D eigenvalue weighted by Gasteiger charge is -2.28. The number of nitrogens with zero attached hydrogens (tertiary/aromatic N) is 1. The third-order valence-electron chi connectivity index (χ3n) is 3.98. The van der Waals surface area contributed by atoms with Crippen LogP contribution in [0.3, 0.4) is 0 Å². The summed E-state index contributed by atoms with van der Waals surface area (Å²) in [6.45, 7) is 6.36. The number of rotatable bonds is 5. The van der Waals surface area contributed by atoms with Gasteiger partial charge in [-0.1, -0.05) is 13.8 Å². The number of thiazole rings is 1. The zero-order valence-electron chi connectivity index (χ0n) is 12.2. The number of hydrogen-bond acceptors (Lipinski definition) is 4. The van der Waals surface area contributed by atoms with Crippen LogP contribution in [-0.4, -0.2) is 17.4 Å². The second-order valence-electron chi connectivity index (χ2n) is 5.06. The fraction of sp³-hybridized carbons (Fsp3) is 0.467. The van der Waals surface area contributed by atoms with E-state index in [1.165, 1.54) is 0 Å². The monoisotopic (exact) mass is 291 g/mol. The molecule has 0 spiro atoms. The van der Waals surface area contributed by atoms with Crippen molar-refractivity contribution in [3.8, 4) is 0 Å². The number of fused-ring (bicyclic) bond motifs is 1. The van der Waals surface area contributed by atoms with Crippen LogP contribution in [0.1, 0.15) is 31.7 Å². The van der Waals surface area contributed by atoms with Crippen LogP contribution in [0.2, 0.25) is 0 Å². The highest BCUT2D eigenvalue weighted by Crippen LogP contribution is 2.29. The van der Waals surface area contributed by atoms with Crippen molar-refractivity contribution in [1.82, 2.24) is 4.98 Å². The van der Waals surface area contributed by atoms with Gasteiger partial charge < -0.3 is 11.1 Å². The molecule has 0 aliphatic heterocycles. The number of aromatic nitrogens is 1. The van der Waals surface area contributed by atoms with Gasteiger partial charge in [-0.25, -0.2) is 4.98 Å². The molecule has 20 heavy (non-hydrogen) atoms. The highest BCUT2D eigenvalue weighted by molar-refractivity contribution is 7.18. The van der Waals surface area contributed by atoms with Crippen LogP contribution in [0.15, 0.2) is 18.2 Å². The van der Waals surface area contributed by atoms with Crippen molar-refractivity contribution in [2.45, 2.75) is 33.6 Å². The minimum absolute atomic E-state index is 0.00517. The van der Waals surface area contributed by atoms with Crippen LogP contribution in [0.5, 0.6) is 0 Å². The lowest BCUT2D eigenvalue weighted by atomic mass is 9.81. The first-order chi connectivity index (χ1) is 9.54. The molecule has 0 aliphatic carbocycles. The van der Waals surface area contributed by atoms with Crippen LogP contribution in [0.4, 0.5) is 5.69 Å². The Morgan fingerprint density at radius 1 is 1.40 bits per heavy atom. The molecule has 2 rings (SSSR count). The maximum Gasteiger partial charge on any atom is 0.231 e. The Hall–Kier alpha value is -1.46. The maximum absolute atomic E-state index is 12.5.